The highest BCUT2D eigenvalue weighted by atomic mass is 15.2. The average molecular weight is 274 g/mol. The fourth-order valence-electron chi connectivity index (χ4n) is 1.87. The lowest BCUT2D eigenvalue weighted by Crippen LogP contribution is -2.21. The van der Waals surface area contributed by atoms with E-state index in [0.29, 0.717) is 6.54 Å². The van der Waals surface area contributed by atoms with Gasteiger partial charge in [-0.2, -0.15) is 0 Å². The molecule has 6 heteroatoms. The number of anilines is 1. The minimum absolute atomic E-state index is 0.714. The van der Waals surface area contributed by atoms with Crippen molar-refractivity contribution in [3.63, 3.8) is 0 Å². The van der Waals surface area contributed by atoms with E-state index in [-0.39, 0.29) is 0 Å². The van der Waals surface area contributed by atoms with E-state index in [9.17, 15) is 0 Å². The molecule has 0 bridgehead atoms. The Hall–Kier alpha value is -1.95. The zero-order valence-electron chi connectivity index (χ0n) is 12.4. The second kappa shape index (κ2) is 7.00. The molecule has 0 aliphatic heterocycles. The molecule has 0 spiro atoms. The van der Waals surface area contributed by atoms with E-state index >= 15 is 0 Å². The third-order valence-corrected chi connectivity index (χ3v) is 3.12. The molecule has 1 N–H and O–H groups in total. The van der Waals surface area contributed by atoms with Crippen LogP contribution >= 0.6 is 0 Å². The molecule has 2 aromatic heterocycles. The van der Waals surface area contributed by atoms with E-state index in [1.165, 1.54) is 0 Å². The molecule has 0 unspecified atom stereocenters. The molecule has 2 aromatic rings. The molecule has 0 atom stereocenters. The number of aryl methyl sites for hydroxylation is 1. The largest absolute Gasteiger partial charge is 0.351 e. The Bertz CT molecular complexity index is 519. The van der Waals surface area contributed by atoms with Crippen molar-refractivity contribution >= 4 is 5.82 Å². The van der Waals surface area contributed by atoms with Gasteiger partial charge in [-0.05, 0) is 13.0 Å². The van der Waals surface area contributed by atoms with Crippen LogP contribution in [0.3, 0.4) is 0 Å². The number of nitrogens with one attached hydrogen (secondary N) is 1. The maximum atomic E-state index is 4.45. The second-order valence-electron chi connectivity index (χ2n) is 4.85. The van der Waals surface area contributed by atoms with E-state index in [0.717, 1.165) is 36.8 Å². The number of rotatable bonds is 7. The van der Waals surface area contributed by atoms with Gasteiger partial charge in [0, 0.05) is 33.0 Å². The van der Waals surface area contributed by atoms with Gasteiger partial charge in [0.1, 0.15) is 11.6 Å². The molecule has 0 saturated heterocycles. The number of nitrogens with zero attached hydrogens (tertiary/aromatic N) is 5. The SMILES string of the molecule is CCCNCc1cnc(N(C)Cc2nccn2C)cn1. The summed E-state index contributed by atoms with van der Waals surface area (Å²) in [6.45, 7) is 4.63. The quantitative estimate of drug-likeness (QED) is 0.772. The summed E-state index contributed by atoms with van der Waals surface area (Å²) in [6.07, 6.45) is 8.51. The summed E-state index contributed by atoms with van der Waals surface area (Å²) in [5.74, 6) is 1.86. The van der Waals surface area contributed by atoms with Crippen molar-refractivity contribution < 1.29 is 0 Å². The number of hydrogen-bond donors (Lipinski definition) is 1. The smallest absolute Gasteiger partial charge is 0.147 e. The van der Waals surface area contributed by atoms with Crippen LogP contribution in [0, 0.1) is 0 Å². The maximum Gasteiger partial charge on any atom is 0.147 e. The molecule has 2 heterocycles. The minimum Gasteiger partial charge on any atom is -0.351 e. The van der Waals surface area contributed by atoms with E-state index in [4.69, 9.17) is 0 Å². The molecule has 0 amide bonds. The normalized spacial score (nSPS) is 10.8. The third kappa shape index (κ3) is 3.77. The van der Waals surface area contributed by atoms with Gasteiger partial charge in [-0.15, -0.1) is 0 Å². The molecule has 0 aromatic carbocycles. The first-order valence-electron chi connectivity index (χ1n) is 6.89. The van der Waals surface area contributed by atoms with Crippen molar-refractivity contribution in [2.24, 2.45) is 7.05 Å². The molecule has 0 radical (unpaired) electrons. The van der Waals surface area contributed by atoms with E-state index < -0.39 is 0 Å². The summed E-state index contributed by atoms with van der Waals surface area (Å²) in [5, 5.41) is 3.31. The van der Waals surface area contributed by atoms with Crippen LogP contribution in [0.2, 0.25) is 0 Å². The Labute approximate surface area is 119 Å². The van der Waals surface area contributed by atoms with Crippen molar-refractivity contribution in [2.75, 3.05) is 18.5 Å². The Kier molecular flexibility index (Phi) is 5.06. The van der Waals surface area contributed by atoms with Gasteiger partial charge < -0.3 is 14.8 Å². The standard InChI is InChI=1S/C14H22N6/c1-4-5-15-8-12-9-18-13(10-17-12)20(3)11-14-16-6-7-19(14)2/h6-7,9-10,15H,4-5,8,11H2,1-3H3. The van der Waals surface area contributed by atoms with Crippen LogP contribution in [0.25, 0.3) is 0 Å². The van der Waals surface area contributed by atoms with Crippen molar-refractivity contribution in [1.29, 1.82) is 0 Å². The van der Waals surface area contributed by atoms with Crippen molar-refractivity contribution in [3.8, 4) is 0 Å². The Morgan fingerprint density at radius 1 is 1.25 bits per heavy atom. The lowest BCUT2D eigenvalue weighted by molar-refractivity contribution is 0.661. The molecule has 0 aliphatic carbocycles. The Morgan fingerprint density at radius 2 is 2.10 bits per heavy atom. The maximum absolute atomic E-state index is 4.45. The van der Waals surface area contributed by atoms with Crippen LogP contribution in [0.5, 0.6) is 0 Å². The zero-order valence-corrected chi connectivity index (χ0v) is 12.4. The van der Waals surface area contributed by atoms with Gasteiger partial charge in [-0.25, -0.2) is 9.97 Å². The van der Waals surface area contributed by atoms with Crippen LogP contribution < -0.4 is 10.2 Å². The first kappa shape index (κ1) is 14.5. The van der Waals surface area contributed by atoms with Crippen molar-refractivity contribution in [2.45, 2.75) is 26.4 Å². The van der Waals surface area contributed by atoms with Gasteiger partial charge in [0.2, 0.25) is 0 Å². The van der Waals surface area contributed by atoms with Crippen LogP contribution in [-0.4, -0.2) is 33.1 Å². The molecule has 6 nitrogen and oxygen atoms in total. The molecule has 0 aliphatic rings. The van der Waals surface area contributed by atoms with Gasteiger partial charge in [-0.1, -0.05) is 6.92 Å². The van der Waals surface area contributed by atoms with Gasteiger partial charge >= 0.3 is 0 Å². The molecular formula is C14H22N6. The minimum atomic E-state index is 0.714. The van der Waals surface area contributed by atoms with E-state index in [1.54, 1.807) is 6.20 Å². The summed E-state index contributed by atoms with van der Waals surface area (Å²) < 4.78 is 2.01. The highest BCUT2D eigenvalue weighted by Crippen LogP contribution is 2.10. The fraction of sp³-hybridized carbons (Fsp3) is 0.500. The zero-order chi connectivity index (χ0) is 14.4. The molecule has 108 valence electrons. The summed E-state index contributed by atoms with van der Waals surface area (Å²) in [5.41, 5.74) is 0.965. The van der Waals surface area contributed by atoms with Crippen LogP contribution in [0.1, 0.15) is 24.9 Å². The molecule has 0 fully saturated rings. The predicted molar refractivity (Wildman–Crippen MR) is 79.3 cm³/mol. The summed E-state index contributed by atoms with van der Waals surface area (Å²) >= 11 is 0. The van der Waals surface area contributed by atoms with Gasteiger partial charge in [0.05, 0.1) is 24.6 Å². The first-order valence-corrected chi connectivity index (χ1v) is 6.89. The lowest BCUT2D eigenvalue weighted by atomic mass is 10.4. The number of imidazole rings is 1. The summed E-state index contributed by atoms with van der Waals surface area (Å²) in [4.78, 5) is 15.2. The van der Waals surface area contributed by atoms with Gasteiger partial charge in [0.15, 0.2) is 0 Å². The number of hydrogen-bond acceptors (Lipinski definition) is 5. The number of aromatic nitrogens is 4. The molecule has 2 rings (SSSR count). The third-order valence-electron chi connectivity index (χ3n) is 3.12. The fourth-order valence-corrected chi connectivity index (χ4v) is 1.87. The van der Waals surface area contributed by atoms with E-state index in [2.05, 4.69) is 27.2 Å². The highest BCUT2D eigenvalue weighted by Gasteiger charge is 2.07. The van der Waals surface area contributed by atoms with Crippen LogP contribution in [0.4, 0.5) is 5.82 Å². The average Bonchev–Trinajstić information content (AvgIpc) is 2.85. The molecule has 20 heavy (non-hydrogen) atoms. The Balaban J connectivity index is 1.93. The van der Waals surface area contributed by atoms with E-state index in [1.807, 2.05) is 42.2 Å². The molecular weight excluding hydrogens is 252 g/mol. The Morgan fingerprint density at radius 3 is 2.70 bits per heavy atom. The second-order valence-corrected chi connectivity index (χ2v) is 4.85. The summed E-state index contributed by atoms with van der Waals surface area (Å²) in [7, 11) is 3.98. The summed E-state index contributed by atoms with van der Waals surface area (Å²) in [6, 6.07) is 0. The first-order chi connectivity index (χ1) is 9.70. The van der Waals surface area contributed by atoms with Crippen molar-refractivity contribution in [1.82, 2.24) is 24.8 Å². The topological polar surface area (TPSA) is 58.9 Å². The van der Waals surface area contributed by atoms with Crippen LogP contribution in [-0.2, 0) is 20.1 Å². The van der Waals surface area contributed by atoms with Gasteiger partial charge in [0.25, 0.3) is 0 Å². The van der Waals surface area contributed by atoms with Crippen LogP contribution in [0.15, 0.2) is 24.8 Å². The lowest BCUT2D eigenvalue weighted by Gasteiger charge is -2.17. The van der Waals surface area contributed by atoms with Gasteiger partial charge in [-0.3, -0.25) is 4.98 Å². The van der Waals surface area contributed by atoms with Crippen molar-refractivity contribution in [3.05, 3.63) is 36.3 Å². The highest BCUT2D eigenvalue weighted by molar-refractivity contribution is 5.34. The monoisotopic (exact) mass is 274 g/mol. The molecule has 0 saturated carbocycles. The predicted octanol–water partition coefficient (Wildman–Crippen LogP) is 1.35.